The van der Waals surface area contributed by atoms with Crippen LogP contribution in [0.2, 0.25) is 0 Å². The molecule has 0 amide bonds. The fraction of sp³-hybridized carbons (Fsp3) is 0.778. The van der Waals surface area contributed by atoms with Gasteiger partial charge in [0, 0.05) is 0 Å². The fourth-order valence-corrected chi connectivity index (χ4v) is 6.70. The van der Waals surface area contributed by atoms with Crippen LogP contribution in [0.15, 0.2) is 35.5 Å². The maximum atomic E-state index is 11.4. The SMILES string of the molecule is C=C1CC[C@H](O)C/C1=C/C=C1\CCC[C@@]2(C)[C@H]1CC[C@@H]2[C@](C)(O)CCCC(C)C. The zero-order valence-corrected chi connectivity index (χ0v) is 19.3. The Labute approximate surface area is 179 Å². The van der Waals surface area contributed by atoms with Gasteiger partial charge in [-0.05, 0) is 93.5 Å². The quantitative estimate of drug-likeness (QED) is 0.518. The molecule has 0 aliphatic heterocycles. The molecule has 164 valence electrons. The second kappa shape index (κ2) is 9.10. The average Bonchev–Trinajstić information content (AvgIpc) is 3.00. The van der Waals surface area contributed by atoms with Crippen LogP contribution in [0.25, 0.3) is 0 Å². The smallest absolute Gasteiger partial charge is 0.0653 e. The molecule has 0 radical (unpaired) electrons. The van der Waals surface area contributed by atoms with E-state index >= 15 is 0 Å². The van der Waals surface area contributed by atoms with Crippen molar-refractivity contribution in [3.05, 3.63) is 35.5 Å². The zero-order chi connectivity index (χ0) is 21.2. The number of hydrogen-bond donors (Lipinski definition) is 2. The predicted octanol–water partition coefficient (Wildman–Crippen LogP) is 6.73. The van der Waals surface area contributed by atoms with Gasteiger partial charge in [-0.2, -0.15) is 0 Å². The molecule has 0 aromatic rings. The first kappa shape index (κ1) is 22.8. The van der Waals surface area contributed by atoms with Crippen molar-refractivity contribution in [2.75, 3.05) is 0 Å². The Morgan fingerprint density at radius 3 is 2.69 bits per heavy atom. The lowest BCUT2D eigenvalue weighted by Gasteiger charge is -2.47. The highest BCUT2D eigenvalue weighted by Gasteiger charge is 2.54. The Hall–Kier alpha value is -0.860. The van der Waals surface area contributed by atoms with Crippen LogP contribution >= 0.6 is 0 Å². The van der Waals surface area contributed by atoms with E-state index in [9.17, 15) is 10.2 Å². The molecule has 0 bridgehead atoms. The number of rotatable bonds is 6. The van der Waals surface area contributed by atoms with Gasteiger partial charge in [0.15, 0.2) is 0 Å². The van der Waals surface area contributed by atoms with E-state index in [1.165, 1.54) is 43.3 Å². The maximum absolute atomic E-state index is 11.4. The molecule has 3 rings (SSSR count). The van der Waals surface area contributed by atoms with Gasteiger partial charge in [0.25, 0.3) is 0 Å². The third-order valence-corrected chi connectivity index (χ3v) is 8.37. The van der Waals surface area contributed by atoms with Gasteiger partial charge in [-0.25, -0.2) is 0 Å². The zero-order valence-electron chi connectivity index (χ0n) is 19.3. The topological polar surface area (TPSA) is 40.5 Å². The minimum Gasteiger partial charge on any atom is -0.393 e. The van der Waals surface area contributed by atoms with E-state index in [-0.39, 0.29) is 11.5 Å². The van der Waals surface area contributed by atoms with Gasteiger partial charge in [-0.3, -0.25) is 0 Å². The van der Waals surface area contributed by atoms with Crippen molar-refractivity contribution in [1.29, 1.82) is 0 Å². The summed E-state index contributed by atoms with van der Waals surface area (Å²) < 4.78 is 0. The first-order chi connectivity index (χ1) is 13.6. The summed E-state index contributed by atoms with van der Waals surface area (Å²) in [5, 5.41) is 21.5. The van der Waals surface area contributed by atoms with E-state index in [0.717, 1.165) is 38.5 Å². The molecule has 3 aliphatic carbocycles. The first-order valence-corrected chi connectivity index (χ1v) is 12.1. The Bertz CT molecular complexity index is 653. The normalized spacial score (nSPS) is 37.9. The Morgan fingerprint density at radius 2 is 1.97 bits per heavy atom. The summed E-state index contributed by atoms with van der Waals surface area (Å²) in [4.78, 5) is 0. The average molecular weight is 401 g/mol. The van der Waals surface area contributed by atoms with Gasteiger partial charge in [-0.1, -0.05) is 63.5 Å². The Morgan fingerprint density at radius 1 is 1.21 bits per heavy atom. The van der Waals surface area contributed by atoms with E-state index < -0.39 is 5.60 Å². The number of fused-ring (bicyclic) bond motifs is 1. The van der Waals surface area contributed by atoms with Gasteiger partial charge in [0.2, 0.25) is 0 Å². The Balaban J connectivity index is 1.75. The number of aliphatic hydroxyl groups excluding tert-OH is 1. The summed E-state index contributed by atoms with van der Waals surface area (Å²) in [6.45, 7) is 13.3. The molecule has 3 aliphatic rings. The minimum atomic E-state index is -0.554. The summed E-state index contributed by atoms with van der Waals surface area (Å²) in [6, 6.07) is 0. The van der Waals surface area contributed by atoms with E-state index in [2.05, 4.69) is 46.4 Å². The maximum Gasteiger partial charge on any atom is 0.0653 e. The van der Waals surface area contributed by atoms with Gasteiger partial charge in [-0.15, -0.1) is 0 Å². The highest BCUT2D eigenvalue weighted by molar-refractivity contribution is 5.36. The van der Waals surface area contributed by atoms with Crippen molar-refractivity contribution < 1.29 is 10.2 Å². The lowest BCUT2D eigenvalue weighted by atomic mass is 9.59. The lowest BCUT2D eigenvalue weighted by Crippen LogP contribution is -2.45. The van der Waals surface area contributed by atoms with E-state index in [4.69, 9.17) is 0 Å². The van der Waals surface area contributed by atoms with E-state index in [0.29, 0.717) is 17.8 Å². The molecule has 5 atom stereocenters. The van der Waals surface area contributed by atoms with Gasteiger partial charge in [0.1, 0.15) is 0 Å². The molecule has 0 unspecified atom stereocenters. The van der Waals surface area contributed by atoms with Crippen LogP contribution < -0.4 is 0 Å². The van der Waals surface area contributed by atoms with Crippen LogP contribution in [0, 0.1) is 23.2 Å². The fourth-order valence-electron chi connectivity index (χ4n) is 6.70. The third kappa shape index (κ3) is 5.07. The molecule has 2 heteroatoms. The second-order valence-corrected chi connectivity index (χ2v) is 11.1. The van der Waals surface area contributed by atoms with Crippen LogP contribution in [0.3, 0.4) is 0 Å². The van der Waals surface area contributed by atoms with Crippen LogP contribution in [0.5, 0.6) is 0 Å². The van der Waals surface area contributed by atoms with Crippen molar-refractivity contribution >= 4 is 0 Å². The summed E-state index contributed by atoms with van der Waals surface area (Å²) in [6.07, 6.45) is 16.2. The molecule has 0 saturated heterocycles. The van der Waals surface area contributed by atoms with Crippen LogP contribution in [0.1, 0.15) is 98.3 Å². The van der Waals surface area contributed by atoms with Crippen LogP contribution in [-0.2, 0) is 0 Å². The number of aliphatic hydroxyl groups is 2. The molecule has 29 heavy (non-hydrogen) atoms. The molecule has 0 spiro atoms. The van der Waals surface area contributed by atoms with Gasteiger partial charge in [0.05, 0.1) is 11.7 Å². The van der Waals surface area contributed by atoms with Gasteiger partial charge < -0.3 is 10.2 Å². The predicted molar refractivity (Wildman–Crippen MR) is 123 cm³/mol. The highest BCUT2D eigenvalue weighted by atomic mass is 16.3. The second-order valence-electron chi connectivity index (χ2n) is 11.1. The summed E-state index contributed by atoms with van der Waals surface area (Å²) in [7, 11) is 0. The Kier molecular flexibility index (Phi) is 7.16. The van der Waals surface area contributed by atoms with E-state index in [1.807, 2.05) is 0 Å². The molecular weight excluding hydrogens is 356 g/mol. The minimum absolute atomic E-state index is 0.210. The molecule has 0 aromatic carbocycles. The molecule has 0 heterocycles. The first-order valence-electron chi connectivity index (χ1n) is 12.1. The molecule has 3 saturated carbocycles. The summed E-state index contributed by atoms with van der Waals surface area (Å²) in [5.74, 6) is 1.70. The molecule has 0 aromatic heterocycles. The van der Waals surface area contributed by atoms with Crippen molar-refractivity contribution in [3.63, 3.8) is 0 Å². The summed E-state index contributed by atoms with van der Waals surface area (Å²) in [5.41, 5.74) is 3.66. The molecular formula is C27H44O2. The van der Waals surface area contributed by atoms with Gasteiger partial charge >= 0.3 is 0 Å². The molecule has 3 fully saturated rings. The monoisotopic (exact) mass is 400 g/mol. The van der Waals surface area contributed by atoms with Crippen LogP contribution in [0.4, 0.5) is 0 Å². The highest BCUT2D eigenvalue weighted by Crippen LogP contribution is 2.60. The summed E-state index contributed by atoms with van der Waals surface area (Å²) >= 11 is 0. The number of allylic oxidation sites excluding steroid dienone is 4. The number of hydrogen-bond acceptors (Lipinski definition) is 2. The largest absolute Gasteiger partial charge is 0.393 e. The standard InChI is InChI=1S/C27H44O2/c1-19(2)8-6-17-27(5,29)25-15-14-24-21(9-7-16-26(24,25)4)11-12-22-18-23(28)13-10-20(22)3/h11-12,19,23-25,28-29H,3,6-10,13-18H2,1-2,4-5H3/b21-11+,22-12-/t23-,24-,25-,26-,27+/m0/s1. The van der Waals surface area contributed by atoms with E-state index in [1.54, 1.807) is 5.57 Å². The van der Waals surface area contributed by atoms with Crippen molar-refractivity contribution in [1.82, 2.24) is 0 Å². The third-order valence-electron chi connectivity index (χ3n) is 8.37. The lowest BCUT2D eigenvalue weighted by molar-refractivity contribution is -0.0657. The van der Waals surface area contributed by atoms with Crippen LogP contribution in [-0.4, -0.2) is 21.9 Å². The van der Waals surface area contributed by atoms with Crippen molar-refractivity contribution in [2.24, 2.45) is 23.2 Å². The molecule has 2 N–H and O–H groups in total. The van der Waals surface area contributed by atoms with Crippen molar-refractivity contribution in [2.45, 2.75) is 110 Å². The van der Waals surface area contributed by atoms with Crippen molar-refractivity contribution in [3.8, 4) is 0 Å². The molecule has 2 nitrogen and oxygen atoms in total.